The summed E-state index contributed by atoms with van der Waals surface area (Å²) < 4.78 is 16.4. The van der Waals surface area contributed by atoms with Crippen molar-refractivity contribution >= 4 is 21.8 Å². The summed E-state index contributed by atoms with van der Waals surface area (Å²) >= 11 is 3.41. The highest BCUT2D eigenvalue weighted by Gasteiger charge is 2.22. The van der Waals surface area contributed by atoms with Crippen LogP contribution in [-0.4, -0.2) is 33.8 Å². The maximum absolute atomic E-state index is 12.3. The van der Waals surface area contributed by atoms with Gasteiger partial charge in [-0.25, -0.2) is 0 Å². The van der Waals surface area contributed by atoms with E-state index < -0.39 is 0 Å². The number of hydrogen-bond acceptors (Lipinski definition) is 4. The molecule has 1 aromatic rings. The molecular formula is C16H24BrNO4. The van der Waals surface area contributed by atoms with Crippen LogP contribution in [0.1, 0.15) is 43.0 Å². The molecule has 124 valence electrons. The quantitative estimate of drug-likeness (QED) is 0.669. The van der Waals surface area contributed by atoms with Crippen LogP contribution in [0.3, 0.4) is 0 Å². The van der Waals surface area contributed by atoms with Crippen LogP contribution in [0.25, 0.3) is 0 Å². The Morgan fingerprint density at radius 1 is 1.09 bits per heavy atom. The van der Waals surface area contributed by atoms with Crippen molar-refractivity contribution in [2.24, 2.45) is 0 Å². The van der Waals surface area contributed by atoms with Gasteiger partial charge in [-0.2, -0.15) is 0 Å². The Hall–Kier alpha value is -1.43. The van der Waals surface area contributed by atoms with Crippen LogP contribution in [0.5, 0.6) is 17.2 Å². The number of ether oxygens (including phenoxy) is 3. The Labute approximate surface area is 140 Å². The molecule has 0 spiro atoms. The summed E-state index contributed by atoms with van der Waals surface area (Å²) in [6.45, 7) is 2.81. The van der Waals surface area contributed by atoms with E-state index in [4.69, 9.17) is 14.2 Å². The first-order valence-electron chi connectivity index (χ1n) is 7.37. The molecule has 0 saturated heterocycles. The Balaban J connectivity index is 2.91. The monoisotopic (exact) mass is 373 g/mol. The van der Waals surface area contributed by atoms with Crippen LogP contribution < -0.4 is 19.5 Å². The highest BCUT2D eigenvalue weighted by molar-refractivity contribution is 9.10. The molecule has 1 amide bonds. The van der Waals surface area contributed by atoms with Crippen LogP contribution in [0.4, 0.5) is 0 Å². The summed E-state index contributed by atoms with van der Waals surface area (Å²) in [6, 6.07) is 1.65. The standard InChI is InChI=1S/C16H24BrNO4/c1-5-6-7-8-9-18-16(19)11-10-12(20-2)14(21-3)15(22-4)13(11)17/h10H,5-9H2,1-4H3,(H,18,19). The molecule has 0 fully saturated rings. The van der Waals surface area contributed by atoms with Gasteiger partial charge < -0.3 is 19.5 Å². The maximum atomic E-state index is 12.3. The molecular weight excluding hydrogens is 350 g/mol. The summed E-state index contributed by atoms with van der Waals surface area (Å²) in [7, 11) is 4.58. The zero-order chi connectivity index (χ0) is 16.5. The highest BCUT2D eigenvalue weighted by Crippen LogP contribution is 2.44. The van der Waals surface area contributed by atoms with Crippen molar-refractivity contribution in [3.05, 3.63) is 16.1 Å². The molecule has 0 aliphatic carbocycles. The van der Waals surface area contributed by atoms with Gasteiger partial charge in [0.1, 0.15) is 0 Å². The van der Waals surface area contributed by atoms with Gasteiger partial charge in [0.15, 0.2) is 11.5 Å². The number of methoxy groups -OCH3 is 3. The van der Waals surface area contributed by atoms with Crippen LogP contribution in [0, 0.1) is 0 Å². The first-order chi connectivity index (χ1) is 10.6. The summed E-state index contributed by atoms with van der Waals surface area (Å²) in [5, 5.41) is 2.92. The molecule has 1 aromatic carbocycles. The normalized spacial score (nSPS) is 10.2. The van der Waals surface area contributed by atoms with Crippen molar-refractivity contribution in [2.45, 2.75) is 32.6 Å². The molecule has 0 saturated carbocycles. The van der Waals surface area contributed by atoms with Gasteiger partial charge in [-0.3, -0.25) is 4.79 Å². The maximum Gasteiger partial charge on any atom is 0.252 e. The van der Waals surface area contributed by atoms with E-state index in [9.17, 15) is 4.79 Å². The van der Waals surface area contributed by atoms with Gasteiger partial charge >= 0.3 is 0 Å². The molecule has 6 heteroatoms. The van der Waals surface area contributed by atoms with Gasteiger partial charge in [0.2, 0.25) is 5.75 Å². The van der Waals surface area contributed by atoms with E-state index in [0.29, 0.717) is 33.8 Å². The molecule has 0 radical (unpaired) electrons. The predicted octanol–water partition coefficient (Wildman–Crippen LogP) is 3.79. The van der Waals surface area contributed by atoms with Crippen LogP contribution in [0.2, 0.25) is 0 Å². The molecule has 22 heavy (non-hydrogen) atoms. The number of amides is 1. The third kappa shape index (κ3) is 4.53. The van der Waals surface area contributed by atoms with Gasteiger partial charge in [-0.15, -0.1) is 0 Å². The third-order valence-electron chi connectivity index (χ3n) is 3.33. The van der Waals surface area contributed by atoms with Crippen molar-refractivity contribution in [3.8, 4) is 17.2 Å². The average molecular weight is 374 g/mol. The first-order valence-corrected chi connectivity index (χ1v) is 8.16. The lowest BCUT2D eigenvalue weighted by molar-refractivity contribution is 0.0951. The summed E-state index contributed by atoms with van der Waals surface area (Å²) in [6.07, 6.45) is 4.45. The minimum Gasteiger partial charge on any atom is -0.493 e. The highest BCUT2D eigenvalue weighted by atomic mass is 79.9. The fourth-order valence-corrected chi connectivity index (χ4v) is 2.77. The number of halogens is 1. The van der Waals surface area contributed by atoms with Crippen molar-refractivity contribution in [3.63, 3.8) is 0 Å². The van der Waals surface area contributed by atoms with Gasteiger partial charge in [0.25, 0.3) is 5.91 Å². The molecule has 1 N–H and O–H groups in total. The zero-order valence-electron chi connectivity index (χ0n) is 13.6. The molecule has 1 rings (SSSR count). The second kappa shape index (κ2) is 9.56. The molecule has 0 heterocycles. The van der Waals surface area contributed by atoms with Crippen molar-refractivity contribution < 1.29 is 19.0 Å². The van der Waals surface area contributed by atoms with Crippen molar-refractivity contribution in [1.82, 2.24) is 5.32 Å². The topological polar surface area (TPSA) is 56.8 Å². The third-order valence-corrected chi connectivity index (χ3v) is 4.12. The lowest BCUT2D eigenvalue weighted by atomic mass is 10.1. The fraction of sp³-hybridized carbons (Fsp3) is 0.562. The van der Waals surface area contributed by atoms with E-state index in [1.807, 2.05) is 0 Å². The van der Waals surface area contributed by atoms with Gasteiger partial charge in [0, 0.05) is 6.54 Å². The van der Waals surface area contributed by atoms with E-state index >= 15 is 0 Å². The fourth-order valence-electron chi connectivity index (χ4n) is 2.14. The minimum absolute atomic E-state index is 0.164. The molecule has 0 unspecified atom stereocenters. The SMILES string of the molecule is CCCCCCNC(=O)c1cc(OC)c(OC)c(OC)c1Br. The Kier molecular flexibility index (Phi) is 8.09. The number of nitrogens with one attached hydrogen (secondary N) is 1. The Bertz CT molecular complexity index is 505. The van der Waals surface area contributed by atoms with Crippen LogP contribution in [-0.2, 0) is 0 Å². The smallest absolute Gasteiger partial charge is 0.252 e. The number of unbranched alkanes of at least 4 members (excludes halogenated alkanes) is 3. The molecule has 5 nitrogen and oxygen atoms in total. The van der Waals surface area contributed by atoms with Crippen LogP contribution in [0.15, 0.2) is 10.5 Å². The molecule has 0 bridgehead atoms. The Morgan fingerprint density at radius 3 is 2.32 bits per heavy atom. The predicted molar refractivity (Wildman–Crippen MR) is 90.3 cm³/mol. The first kappa shape index (κ1) is 18.6. The van der Waals surface area contributed by atoms with E-state index in [2.05, 4.69) is 28.2 Å². The Morgan fingerprint density at radius 2 is 1.77 bits per heavy atom. The van der Waals surface area contributed by atoms with Gasteiger partial charge in [0.05, 0.1) is 31.4 Å². The summed E-state index contributed by atoms with van der Waals surface area (Å²) in [5.74, 6) is 1.19. The van der Waals surface area contributed by atoms with E-state index in [1.54, 1.807) is 6.07 Å². The van der Waals surface area contributed by atoms with Crippen LogP contribution >= 0.6 is 15.9 Å². The zero-order valence-corrected chi connectivity index (χ0v) is 15.2. The lowest BCUT2D eigenvalue weighted by Gasteiger charge is -2.16. The number of carbonyl (C=O) groups excluding carboxylic acids is 1. The van der Waals surface area contributed by atoms with Crippen molar-refractivity contribution in [2.75, 3.05) is 27.9 Å². The second-order valence-electron chi connectivity index (χ2n) is 4.82. The minimum atomic E-state index is -0.164. The van der Waals surface area contributed by atoms with Crippen molar-refractivity contribution in [1.29, 1.82) is 0 Å². The van der Waals surface area contributed by atoms with Gasteiger partial charge in [-0.05, 0) is 28.4 Å². The summed E-state index contributed by atoms with van der Waals surface area (Å²) in [5.41, 5.74) is 0.463. The van der Waals surface area contributed by atoms with Gasteiger partial charge in [-0.1, -0.05) is 26.2 Å². The van der Waals surface area contributed by atoms with E-state index in [1.165, 1.54) is 34.2 Å². The average Bonchev–Trinajstić information content (AvgIpc) is 2.53. The van der Waals surface area contributed by atoms with E-state index in [0.717, 1.165) is 12.8 Å². The molecule has 0 aliphatic heterocycles. The molecule has 0 aliphatic rings. The molecule has 0 atom stereocenters. The number of hydrogen-bond donors (Lipinski definition) is 1. The molecule has 0 aromatic heterocycles. The number of rotatable bonds is 9. The number of carbonyl (C=O) groups is 1. The van der Waals surface area contributed by atoms with E-state index in [-0.39, 0.29) is 5.91 Å². The second-order valence-corrected chi connectivity index (χ2v) is 5.62. The number of benzene rings is 1. The summed E-state index contributed by atoms with van der Waals surface area (Å²) in [4.78, 5) is 12.3. The largest absolute Gasteiger partial charge is 0.493 e. The lowest BCUT2D eigenvalue weighted by Crippen LogP contribution is -2.25.